The highest BCUT2D eigenvalue weighted by Gasteiger charge is 2.39. The van der Waals surface area contributed by atoms with E-state index in [1.165, 1.54) is 7.11 Å². The van der Waals surface area contributed by atoms with Gasteiger partial charge in [-0.25, -0.2) is 0 Å². The number of carbonyl (C=O) groups is 2. The summed E-state index contributed by atoms with van der Waals surface area (Å²) < 4.78 is 4.60. The summed E-state index contributed by atoms with van der Waals surface area (Å²) in [7, 11) is 1.37. The molecule has 0 bridgehead atoms. The Kier molecular flexibility index (Phi) is 11.2. The molecule has 0 spiro atoms. The number of hydrogen-bond acceptors (Lipinski definition) is 5. The summed E-state index contributed by atoms with van der Waals surface area (Å²) in [5, 5.41) is 20.7. The second kappa shape index (κ2) is 12.8. The number of aliphatic hydroxyl groups excluding tert-OH is 1. The standard InChI is InChI=1S/C24H38O5/c1-5-6-15-24(3,28)16-9-11-19-20(22(26)17-21(19)25)14-13-18(2)10-7-8-12-23(27)29-4/h7,9,11,19-21,25,28H,5-6,8,12-17H2,1-4H3. The Morgan fingerprint density at radius 1 is 1.38 bits per heavy atom. The van der Waals surface area contributed by atoms with Crippen LogP contribution in [0.2, 0.25) is 0 Å². The number of unbranched alkanes of at least 4 members (excludes halogenated alkanes) is 1. The summed E-state index contributed by atoms with van der Waals surface area (Å²) in [4.78, 5) is 23.4. The van der Waals surface area contributed by atoms with Gasteiger partial charge in [0.25, 0.3) is 0 Å². The molecule has 5 heteroatoms. The van der Waals surface area contributed by atoms with Crippen LogP contribution in [0.3, 0.4) is 0 Å². The van der Waals surface area contributed by atoms with Gasteiger partial charge < -0.3 is 14.9 Å². The molecule has 4 unspecified atom stereocenters. The van der Waals surface area contributed by atoms with Gasteiger partial charge in [0.1, 0.15) is 5.78 Å². The van der Waals surface area contributed by atoms with Gasteiger partial charge in [0.05, 0.1) is 18.8 Å². The highest BCUT2D eigenvalue weighted by atomic mass is 16.5. The Morgan fingerprint density at radius 2 is 2.10 bits per heavy atom. The fourth-order valence-corrected chi connectivity index (χ4v) is 3.71. The average molecular weight is 407 g/mol. The van der Waals surface area contributed by atoms with Gasteiger partial charge in [-0.2, -0.15) is 0 Å². The van der Waals surface area contributed by atoms with E-state index >= 15 is 0 Å². The van der Waals surface area contributed by atoms with Gasteiger partial charge in [-0.15, -0.1) is 5.73 Å². The number of Topliss-reactive ketones (excluding diaryl/α,β-unsaturated/α-hetero) is 1. The monoisotopic (exact) mass is 406 g/mol. The lowest BCUT2D eigenvalue weighted by molar-refractivity contribution is -0.140. The summed E-state index contributed by atoms with van der Waals surface area (Å²) >= 11 is 0. The number of methoxy groups -OCH3 is 1. The molecule has 0 aromatic carbocycles. The maximum Gasteiger partial charge on any atom is 0.305 e. The van der Waals surface area contributed by atoms with Crippen molar-refractivity contribution in [2.24, 2.45) is 11.8 Å². The number of esters is 1. The first-order valence-electron chi connectivity index (χ1n) is 10.8. The highest BCUT2D eigenvalue weighted by Crippen LogP contribution is 2.35. The van der Waals surface area contributed by atoms with Crippen LogP contribution in [-0.4, -0.2) is 40.8 Å². The number of aliphatic hydroxyl groups is 2. The lowest BCUT2D eigenvalue weighted by atomic mass is 9.87. The molecule has 4 atom stereocenters. The fourth-order valence-electron chi connectivity index (χ4n) is 3.71. The predicted octanol–water partition coefficient (Wildman–Crippen LogP) is 4.27. The van der Waals surface area contributed by atoms with E-state index < -0.39 is 11.7 Å². The molecule has 29 heavy (non-hydrogen) atoms. The van der Waals surface area contributed by atoms with E-state index in [-0.39, 0.29) is 30.0 Å². The van der Waals surface area contributed by atoms with Gasteiger partial charge in [-0.1, -0.05) is 31.9 Å². The van der Waals surface area contributed by atoms with Crippen molar-refractivity contribution in [1.29, 1.82) is 0 Å². The zero-order valence-corrected chi connectivity index (χ0v) is 18.4. The van der Waals surface area contributed by atoms with Gasteiger partial charge >= 0.3 is 5.97 Å². The number of hydrogen-bond donors (Lipinski definition) is 2. The van der Waals surface area contributed by atoms with Gasteiger partial charge in [0.2, 0.25) is 0 Å². The summed E-state index contributed by atoms with van der Waals surface area (Å²) in [5.74, 6) is -0.531. The van der Waals surface area contributed by atoms with Gasteiger partial charge in [-0.3, -0.25) is 9.59 Å². The lowest BCUT2D eigenvalue weighted by Gasteiger charge is -2.22. The van der Waals surface area contributed by atoms with Crippen molar-refractivity contribution in [3.8, 4) is 0 Å². The zero-order valence-electron chi connectivity index (χ0n) is 18.4. The molecule has 0 amide bonds. The molecule has 1 rings (SSSR count). The third-order valence-electron chi connectivity index (χ3n) is 5.62. The third-order valence-corrected chi connectivity index (χ3v) is 5.62. The molecule has 0 aromatic rings. The largest absolute Gasteiger partial charge is 0.469 e. The van der Waals surface area contributed by atoms with Crippen molar-refractivity contribution in [3.63, 3.8) is 0 Å². The molecule has 0 heterocycles. The molecule has 5 nitrogen and oxygen atoms in total. The number of carbonyl (C=O) groups excluding carboxylic acids is 2. The fraction of sp³-hybridized carbons (Fsp3) is 0.708. The molecule has 0 saturated heterocycles. The third kappa shape index (κ3) is 9.58. The molecule has 1 aliphatic carbocycles. The SMILES string of the molecule is CCCCC(C)(O)CC=CC1C(O)CC(=O)C1CCC(C)=C=CCCC(=O)OC. The van der Waals surface area contributed by atoms with Gasteiger partial charge in [0.15, 0.2) is 0 Å². The van der Waals surface area contributed by atoms with Gasteiger partial charge in [0, 0.05) is 24.7 Å². The van der Waals surface area contributed by atoms with Crippen molar-refractivity contribution in [2.75, 3.05) is 7.11 Å². The maximum absolute atomic E-state index is 12.3. The first-order valence-corrected chi connectivity index (χ1v) is 10.8. The Bertz CT molecular complexity index is 625. The predicted molar refractivity (Wildman–Crippen MR) is 114 cm³/mol. The van der Waals surface area contributed by atoms with Crippen molar-refractivity contribution in [3.05, 3.63) is 29.5 Å². The molecule has 0 aliphatic heterocycles. The molecule has 0 aromatic heterocycles. The van der Waals surface area contributed by atoms with Gasteiger partial charge in [-0.05, 0) is 57.6 Å². The van der Waals surface area contributed by atoms with E-state index in [9.17, 15) is 19.8 Å². The normalized spacial score (nSPS) is 23.7. The van der Waals surface area contributed by atoms with Crippen LogP contribution in [-0.2, 0) is 14.3 Å². The molecular weight excluding hydrogens is 368 g/mol. The van der Waals surface area contributed by atoms with E-state index in [1.807, 2.05) is 32.1 Å². The maximum atomic E-state index is 12.3. The van der Waals surface area contributed by atoms with Crippen molar-refractivity contribution < 1.29 is 24.5 Å². The minimum absolute atomic E-state index is 0.104. The molecule has 1 aliphatic rings. The zero-order chi connectivity index (χ0) is 21.9. The van der Waals surface area contributed by atoms with E-state index in [1.54, 1.807) is 0 Å². The molecule has 1 fully saturated rings. The van der Waals surface area contributed by atoms with E-state index in [0.717, 1.165) is 31.3 Å². The Balaban J connectivity index is 2.61. The summed E-state index contributed by atoms with van der Waals surface area (Å²) in [5.41, 5.74) is 3.44. The molecule has 0 radical (unpaired) electrons. The summed E-state index contributed by atoms with van der Waals surface area (Å²) in [6.07, 6.45) is 10.8. The van der Waals surface area contributed by atoms with E-state index in [2.05, 4.69) is 17.4 Å². The van der Waals surface area contributed by atoms with Crippen LogP contribution in [0.1, 0.15) is 78.6 Å². The van der Waals surface area contributed by atoms with Crippen molar-refractivity contribution in [1.82, 2.24) is 0 Å². The summed E-state index contributed by atoms with van der Waals surface area (Å²) in [6.45, 7) is 5.89. The number of allylic oxidation sites excluding steroid dienone is 1. The topological polar surface area (TPSA) is 83.8 Å². The Labute approximate surface area is 175 Å². The highest BCUT2D eigenvalue weighted by molar-refractivity contribution is 5.84. The quantitative estimate of drug-likeness (QED) is 0.287. The van der Waals surface area contributed by atoms with E-state index in [0.29, 0.717) is 25.7 Å². The van der Waals surface area contributed by atoms with Crippen molar-refractivity contribution in [2.45, 2.75) is 90.3 Å². The first-order chi connectivity index (χ1) is 13.7. The second-order valence-corrected chi connectivity index (χ2v) is 8.44. The second-order valence-electron chi connectivity index (χ2n) is 8.44. The molecule has 164 valence electrons. The Morgan fingerprint density at radius 3 is 2.76 bits per heavy atom. The van der Waals surface area contributed by atoms with Crippen molar-refractivity contribution >= 4 is 11.8 Å². The summed E-state index contributed by atoms with van der Waals surface area (Å²) in [6, 6.07) is 0. The van der Waals surface area contributed by atoms with Crippen LogP contribution in [0.5, 0.6) is 0 Å². The molecular formula is C24H38O5. The first kappa shape index (κ1) is 25.4. The minimum Gasteiger partial charge on any atom is -0.469 e. The molecule has 2 N–H and O–H groups in total. The lowest BCUT2D eigenvalue weighted by Crippen LogP contribution is -2.23. The van der Waals surface area contributed by atoms with Crippen LogP contribution < -0.4 is 0 Å². The molecule has 1 saturated carbocycles. The smallest absolute Gasteiger partial charge is 0.305 e. The van der Waals surface area contributed by atoms with Crippen LogP contribution in [0.15, 0.2) is 29.5 Å². The number of ether oxygens (including phenoxy) is 1. The van der Waals surface area contributed by atoms with Crippen LogP contribution in [0, 0.1) is 11.8 Å². The minimum atomic E-state index is -0.746. The van der Waals surface area contributed by atoms with E-state index in [4.69, 9.17) is 0 Å². The number of ketones is 1. The Hall–Kier alpha value is -1.68. The van der Waals surface area contributed by atoms with Crippen LogP contribution >= 0.6 is 0 Å². The van der Waals surface area contributed by atoms with Crippen LogP contribution in [0.4, 0.5) is 0 Å². The van der Waals surface area contributed by atoms with Crippen LogP contribution in [0.25, 0.3) is 0 Å². The average Bonchev–Trinajstić information content (AvgIpc) is 2.94. The number of rotatable bonds is 12.